The zero-order valence-electron chi connectivity index (χ0n) is 49.8. The van der Waals surface area contributed by atoms with E-state index in [0.717, 1.165) is 16.9 Å². The van der Waals surface area contributed by atoms with Gasteiger partial charge in [0.15, 0.2) is 0 Å². The summed E-state index contributed by atoms with van der Waals surface area (Å²) < 4.78 is 158. The number of hydrogen-bond donors (Lipinski definition) is 6. The number of sulfonamides is 1. The molecule has 2 fully saturated rings. The van der Waals surface area contributed by atoms with Crippen LogP contribution in [0.2, 0.25) is 5.02 Å². The van der Waals surface area contributed by atoms with Gasteiger partial charge in [0.05, 0.1) is 24.1 Å². The van der Waals surface area contributed by atoms with Crippen molar-refractivity contribution in [3.8, 4) is 5.88 Å². The van der Waals surface area contributed by atoms with Crippen LogP contribution in [0, 0.1) is 23.3 Å². The van der Waals surface area contributed by atoms with Crippen molar-refractivity contribution < 1.29 is 61.9 Å². The van der Waals surface area contributed by atoms with Gasteiger partial charge in [0, 0.05) is 110 Å². The molecular weight excluding hydrogens is 1250 g/mol. The summed E-state index contributed by atoms with van der Waals surface area (Å²) in [6.45, 7) is -0.137. The molecule has 2 aliphatic rings. The van der Waals surface area contributed by atoms with E-state index >= 15 is 8.78 Å². The van der Waals surface area contributed by atoms with Crippen LogP contribution in [0.15, 0.2) is 163 Å². The Morgan fingerprint density at radius 1 is 0.670 bits per heavy atom. The van der Waals surface area contributed by atoms with Crippen LogP contribution in [-0.2, 0) is 42.7 Å². The molecule has 0 unspecified atom stereocenters. The molecule has 9 rings (SSSR count). The summed E-state index contributed by atoms with van der Waals surface area (Å²) in [5.74, 6) is -4.12. The Kier molecular flexibility index (Phi) is 23.9. The minimum Gasteiger partial charge on any atom is -0.481 e. The molecule has 17 nitrogen and oxygen atoms in total. The van der Waals surface area contributed by atoms with Crippen LogP contribution in [0.1, 0.15) is 58.1 Å². The lowest BCUT2D eigenvalue weighted by molar-refractivity contribution is -0.134. The SMILES string of the molecule is CN[C@H](C(=O)Nc1cccc(F)c1CC[C@H]1CNCCN1S(=O)(=O)N(C)CC(F)(F)F)C(c1ccc(F)cc1)c1ccc(F)cc1.COc1ccc([C@H](c2ccc(Cl)cc2)[C@H](N)C(=O)Nc2cccc(F)c2CC[C@H]2CNCCN2S(=O)(=O)c2ccccc2)cn1. The van der Waals surface area contributed by atoms with Gasteiger partial charge in [-0.2, -0.15) is 34.5 Å². The number of benzene rings is 6. The number of methoxy groups -OCH3 is 1. The van der Waals surface area contributed by atoms with Gasteiger partial charge < -0.3 is 37.1 Å². The topological polar surface area (TPSA) is 220 Å². The molecule has 0 aliphatic carbocycles. The number of halogens is 8. The third-order valence-electron chi connectivity index (χ3n) is 15.8. The number of aromatic nitrogens is 1. The number of nitrogens with zero attached hydrogens (tertiary/aromatic N) is 4. The summed E-state index contributed by atoms with van der Waals surface area (Å²) >= 11 is 6.12. The minimum absolute atomic E-state index is 0.0408. The van der Waals surface area contributed by atoms with Crippen LogP contribution in [-0.4, -0.2) is 144 Å². The van der Waals surface area contributed by atoms with Crippen LogP contribution in [0.25, 0.3) is 0 Å². The predicted octanol–water partition coefficient (Wildman–Crippen LogP) is 8.98. The van der Waals surface area contributed by atoms with Crippen molar-refractivity contribution >= 4 is 55.0 Å². The largest absolute Gasteiger partial charge is 0.481 e. The number of likely N-dealkylation sites (N-methyl/N-ethyl adjacent to an activating group) is 1. The molecule has 91 heavy (non-hydrogen) atoms. The number of nitrogens with two attached hydrogens (primary N) is 1. The quantitative estimate of drug-likeness (QED) is 0.0331. The lowest BCUT2D eigenvalue weighted by Gasteiger charge is -2.37. The number of hydrogen-bond acceptors (Lipinski definition) is 12. The lowest BCUT2D eigenvalue weighted by atomic mass is 9.84. The highest BCUT2D eigenvalue weighted by Gasteiger charge is 2.41. The van der Waals surface area contributed by atoms with E-state index in [1.807, 2.05) is 0 Å². The van der Waals surface area contributed by atoms with Crippen LogP contribution < -0.4 is 37.1 Å². The molecule has 0 spiro atoms. The third kappa shape index (κ3) is 17.8. The highest BCUT2D eigenvalue weighted by molar-refractivity contribution is 7.89. The lowest BCUT2D eigenvalue weighted by Crippen LogP contribution is -2.57. The molecule has 5 atom stereocenters. The standard InChI is InChI=1S/C33H35ClFN5O4S.C31H35F6N5O3S/c1-44-30-17-12-23(20-38-30)31(22-10-13-24(34)14-11-22)32(36)33(41)39-29-9-5-8-28(35)27(29)16-15-25-21-37-18-19-40(25)45(42,43)26-6-3-2-4-7-26;1-38-29(28(20-6-10-22(32)11-7-20)21-8-12-23(33)13-9-21)30(43)40-27-5-3-4-26(34)25(27)15-14-24-18-39-16-17-42(24)46(44,45)41(2)19-31(35,36)37/h2-14,17,20,25,31-32,37H,15-16,18-19,21,36H2,1H3,(H,39,41);3-13,24,28-29,38-39H,14-19H2,1-2H3,(H,40,43)/t25-,31-,32-;24-,29-/m00/s1. The molecular formula is C64H70ClF7N10O7S2. The maximum Gasteiger partial charge on any atom is 0.402 e. The summed E-state index contributed by atoms with van der Waals surface area (Å²) in [5.41, 5.74) is 9.90. The number of carbonyl (C=O) groups excluding carboxylic acids is 2. The molecule has 3 heterocycles. The van der Waals surface area contributed by atoms with Crippen molar-refractivity contribution in [3.63, 3.8) is 0 Å². The summed E-state index contributed by atoms with van der Waals surface area (Å²) in [4.78, 5) is 31.9. The van der Waals surface area contributed by atoms with Crippen LogP contribution in [0.3, 0.4) is 0 Å². The van der Waals surface area contributed by atoms with Gasteiger partial charge in [-0.15, -0.1) is 0 Å². The monoisotopic (exact) mass is 1320 g/mol. The van der Waals surface area contributed by atoms with Crippen molar-refractivity contribution in [2.24, 2.45) is 5.73 Å². The second kappa shape index (κ2) is 31.3. The van der Waals surface area contributed by atoms with E-state index in [9.17, 15) is 48.4 Å². The summed E-state index contributed by atoms with van der Waals surface area (Å²) in [6.07, 6.45) is -2.62. The number of carbonyl (C=O) groups is 2. The number of amides is 2. The van der Waals surface area contributed by atoms with Gasteiger partial charge in [-0.05, 0) is 128 Å². The van der Waals surface area contributed by atoms with Crippen molar-refractivity contribution in [1.29, 1.82) is 0 Å². The average molecular weight is 1320 g/mol. The molecule has 0 radical (unpaired) electrons. The van der Waals surface area contributed by atoms with Crippen LogP contribution >= 0.6 is 11.6 Å². The van der Waals surface area contributed by atoms with Crippen molar-refractivity contribution in [3.05, 3.63) is 220 Å². The first-order valence-corrected chi connectivity index (χ1v) is 32.3. The first kappa shape index (κ1) is 69.5. The molecule has 2 amide bonds. The molecule has 0 saturated carbocycles. The second-order valence-electron chi connectivity index (χ2n) is 21.8. The number of ether oxygens (including phenoxy) is 1. The Balaban J connectivity index is 0.000000235. The maximum atomic E-state index is 15.3. The second-order valence-corrected chi connectivity index (χ2v) is 26.1. The fourth-order valence-corrected chi connectivity index (χ4v) is 14.6. The summed E-state index contributed by atoms with van der Waals surface area (Å²) in [5, 5.41) is 15.4. The fourth-order valence-electron chi connectivity index (χ4n) is 11.2. The number of pyridine rings is 1. The summed E-state index contributed by atoms with van der Waals surface area (Å²) in [6, 6.07) is 35.1. The van der Waals surface area contributed by atoms with E-state index in [0.29, 0.717) is 53.6 Å². The Morgan fingerprint density at radius 2 is 1.15 bits per heavy atom. The Hall–Kier alpha value is -7.37. The van der Waals surface area contributed by atoms with E-state index in [-0.39, 0.29) is 70.6 Å². The zero-order valence-corrected chi connectivity index (χ0v) is 52.2. The number of nitrogens with one attached hydrogen (secondary N) is 5. The molecule has 2 saturated heterocycles. The predicted molar refractivity (Wildman–Crippen MR) is 334 cm³/mol. The highest BCUT2D eigenvalue weighted by atomic mass is 35.5. The fraction of sp³-hybridized carbons (Fsp3) is 0.328. The molecule has 0 bridgehead atoms. The molecule has 1 aromatic heterocycles. The molecule has 27 heteroatoms. The molecule has 486 valence electrons. The van der Waals surface area contributed by atoms with Gasteiger partial charge in [0.25, 0.3) is 10.2 Å². The Morgan fingerprint density at radius 3 is 1.65 bits per heavy atom. The number of rotatable bonds is 23. The Bertz CT molecular complexity index is 3750. The first-order chi connectivity index (χ1) is 43.4. The van der Waals surface area contributed by atoms with Gasteiger partial charge >= 0.3 is 6.18 Å². The number of anilines is 2. The van der Waals surface area contributed by atoms with Gasteiger partial charge in [-0.1, -0.05) is 84.4 Å². The number of alkyl halides is 3. The molecule has 2 aliphatic heterocycles. The van der Waals surface area contributed by atoms with Crippen molar-refractivity contribution in [2.75, 3.05) is 77.7 Å². The molecule has 7 N–H and O–H groups in total. The van der Waals surface area contributed by atoms with Crippen LogP contribution in [0.4, 0.5) is 42.1 Å². The van der Waals surface area contributed by atoms with Crippen LogP contribution in [0.5, 0.6) is 5.88 Å². The Labute approximate surface area is 529 Å². The van der Waals surface area contributed by atoms with Crippen molar-refractivity contribution in [2.45, 2.75) is 72.8 Å². The molecule has 7 aromatic rings. The van der Waals surface area contributed by atoms with Crippen molar-refractivity contribution in [1.82, 2.24) is 33.8 Å². The van der Waals surface area contributed by atoms with Gasteiger partial charge in [0.1, 0.15) is 29.8 Å². The number of piperazine rings is 2. The van der Waals surface area contributed by atoms with E-state index in [2.05, 4.69) is 31.6 Å². The normalized spacial score (nSPS) is 16.9. The van der Waals surface area contributed by atoms with E-state index in [1.165, 1.54) is 97.3 Å². The third-order valence-corrected chi connectivity index (χ3v) is 20.1. The average Bonchev–Trinajstić information content (AvgIpc) is 1.34. The van der Waals surface area contributed by atoms with Gasteiger partial charge in [0.2, 0.25) is 27.7 Å². The van der Waals surface area contributed by atoms with Gasteiger partial charge in [-0.25, -0.2) is 31.0 Å². The first-order valence-electron chi connectivity index (χ1n) is 29.0. The molecule has 6 aromatic carbocycles. The maximum absolute atomic E-state index is 15.3. The smallest absolute Gasteiger partial charge is 0.402 e. The van der Waals surface area contributed by atoms with E-state index in [1.54, 1.807) is 79.0 Å². The summed E-state index contributed by atoms with van der Waals surface area (Å²) in [7, 11) is -4.32. The zero-order chi connectivity index (χ0) is 65.6. The minimum atomic E-state index is -4.73. The van der Waals surface area contributed by atoms with E-state index < -0.39 is 104 Å². The van der Waals surface area contributed by atoms with E-state index in [4.69, 9.17) is 22.1 Å². The highest BCUT2D eigenvalue weighted by Crippen LogP contribution is 2.34. The van der Waals surface area contributed by atoms with Gasteiger partial charge in [-0.3, -0.25) is 9.59 Å².